The fourth-order valence-electron chi connectivity index (χ4n) is 2.19. The van der Waals surface area contributed by atoms with Crippen molar-refractivity contribution in [3.8, 4) is 0 Å². The van der Waals surface area contributed by atoms with Crippen molar-refractivity contribution in [1.29, 1.82) is 0 Å². The minimum Gasteiger partial charge on any atom is -0.326 e. The topological polar surface area (TPSA) is 87.3 Å². The van der Waals surface area contributed by atoms with E-state index in [1.807, 2.05) is 0 Å². The Morgan fingerprint density at radius 3 is 2.55 bits per heavy atom. The van der Waals surface area contributed by atoms with E-state index in [1.54, 1.807) is 19.1 Å². The van der Waals surface area contributed by atoms with Gasteiger partial charge in [-0.25, -0.2) is 13.1 Å². The van der Waals surface area contributed by atoms with Gasteiger partial charge >= 0.3 is 0 Å². The molecule has 0 bridgehead atoms. The summed E-state index contributed by atoms with van der Waals surface area (Å²) >= 11 is 0. The summed E-state index contributed by atoms with van der Waals surface area (Å²) in [6.45, 7) is 3.10. The molecule has 1 aromatic carbocycles. The van der Waals surface area contributed by atoms with Crippen molar-refractivity contribution < 1.29 is 13.2 Å². The molecule has 0 aromatic heterocycles. The van der Waals surface area contributed by atoms with Crippen LogP contribution in [0.15, 0.2) is 29.2 Å². The van der Waals surface area contributed by atoms with E-state index in [0.29, 0.717) is 18.7 Å². The van der Waals surface area contributed by atoms with Crippen LogP contribution in [0, 0.1) is 0 Å². The van der Waals surface area contributed by atoms with Gasteiger partial charge in [0.15, 0.2) is 0 Å². The highest BCUT2D eigenvalue weighted by Gasteiger charge is 2.19. The molecule has 1 atom stereocenters. The molecule has 0 spiro atoms. The molecule has 0 radical (unpaired) electrons. The summed E-state index contributed by atoms with van der Waals surface area (Å²) in [5.74, 6) is -0.101. The van der Waals surface area contributed by atoms with Crippen molar-refractivity contribution in [2.24, 2.45) is 0 Å². The summed E-state index contributed by atoms with van der Waals surface area (Å²) < 4.78 is 26.9. The predicted octanol–water partition coefficient (Wildman–Crippen LogP) is 1.49. The molecule has 1 aromatic rings. The van der Waals surface area contributed by atoms with Crippen LogP contribution in [0.5, 0.6) is 0 Å². The summed E-state index contributed by atoms with van der Waals surface area (Å²) in [5, 5.41) is 5.93. The predicted molar refractivity (Wildman–Crippen MR) is 88.8 cm³/mol. The second-order valence-corrected chi connectivity index (χ2v) is 6.84. The number of amides is 1. The van der Waals surface area contributed by atoms with Gasteiger partial charge in [-0.3, -0.25) is 4.79 Å². The number of carbonyl (C=O) groups is 1. The number of carbonyl (C=O) groups excluding carboxylic acids is 1. The first-order valence-electron chi connectivity index (χ1n) is 7.14. The van der Waals surface area contributed by atoms with Crippen LogP contribution in [-0.2, 0) is 14.8 Å². The van der Waals surface area contributed by atoms with Crippen molar-refractivity contribution in [1.82, 2.24) is 10.0 Å². The Morgan fingerprint density at radius 1 is 1.32 bits per heavy atom. The van der Waals surface area contributed by atoms with Crippen LogP contribution in [0.4, 0.5) is 5.69 Å². The van der Waals surface area contributed by atoms with Crippen molar-refractivity contribution in [2.45, 2.75) is 37.1 Å². The first-order chi connectivity index (χ1) is 10.0. The van der Waals surface area contributed by atoms with Gasteiger partial charge in [-0.1, -0.05) is 6.92 Å². The molecule has 0 aliphatic carbocycles. The maximum atomic E-state index is 12.2. The van der Waals surface area contributed by atoms with E-state index in [9.17, 15) is 13.2 Å². The highest BCUT2D eigenvalue weighted by Crippen LogP contribution is 2.14. The van der Waals surface area contributed by atoms with E-state index in [1.165, 1.54) is 12.1 Å². The molecule has 8 heteroatoms. The van der Waals surface area contributed by atoms with Crippen LogP contribution < -0.4 is 15.4 Å². The summed E-state index contributed by atoms with van der Waals surface area (Å²) in [4.78, 5) is 11.5. The average Bonchev–Trinajstić information content (AvgIpc) is 2.99. The molecular weight excluding hydrogens is 326 g/mol. The van der Waals surface area contributed by atoms with E-state index in [4.69, 9.17) is 0 Å². The Hall–Kier alpha value is -1.15. The first kappa shape index (κ1) is 18.9. The maximum Gasteiger partial charge on any atom is 0.240 e. The zero-order chi connectivity index (χ0) is 15.3. The van der Waals surface area contributed by atoms with Crippen molar-refractivity contribution in [2.75, 3.05) is 18.4 Å². The summed E-state index contributed by atoms with van der Waals surface area (Å²) in [6.07, 6.45) is 2.46. The van der Waals surface area contributed by atoms with Gasteiger partial charge in [0, 0.05) is 24.7 Å². The summed E-state index contributed by atoms with van der Waals surface area (Å²) in [6, 6.07) is 6.39. The molecule has 1 fully saturated rings. The van der Waals surface area contributed by atoms with Crippen LogP contribution in [0.1, 0.15) is 26.2 Å². The molecule has 1 heterocycles. The smallest absolute Gasteiger partial charge is 0.240 e. The van der Waals surface area contributed by atoms with Gasteiger partial charge in [0.1, 0.15) is 0 Å². The summed E-state index contributed by atoms with van der Waals surface area (Å²) in [5.41, 5.74) is 0.596. The molecule has 1 aliphatic heterocycles. The van der Waals surface area contributed by atoms with E-state index >= 15 is 0 Å². The SMILES string of the molecule is CCC(=O)Nc1ccc(S(=O)(=O)NCC2CCCN2)cc1.Cl. The highest BCUT2D eigenvalue weighted by molar-refractivity contribution is 7.89. The molecule has 22 heavy (non-hydrogen) atoms. The van der Waals surface area contributed by atoms with Crippen LogP contribution >= 0.6 is 12.4 Å². The van der Waals surface area contributed by atoms with Crippen LogP contribution in [0.3, 0.4) is 0 Å². The molecule has 1 saturated heterocycles. The van der Waals surface area contributed by atoms with Gasteiger partial charge < -0.3 is 10.6 Å². The van der Waals surface area contributed by atoms with Gasteiger partial charge in [-0.05, 0) is 43.7 Å². The Bertz CT molecular complexity index is 584. The number of halogens is 1. The van der Waals surface area contributed by atoms with Gasteiger partial charge in [0.25, 0.3) is 0 Å². The van der Waals surface area contributed by atoms with Gasteiger partial charge in [0.2, 0.25) is 15.9 Å². The van der Waals surface area contributed by atoms with Crippen molar-refractivity contribution >= 4 is 34.0 Å². The monoisotopic (exact) mass is 347 g/mol. The molecule has 3 N–H and O–H groups in total. The number of nitrogens with one attached hydrogen (secondary N) is 3. The van der Waals surface area contributed by atoms with E-state index < -0.39 is 10.0 Å². The van der Waals surface area contributed by atoms with Gasteiger partial charge in [-0.15, -0.1) is 12.4 Å². The van der Waals surface area contributed by atoms with Crippen molar-refractivity contribution in [3.05, 3.63) is 24.3 Å². The van der Waals surface area contributed by atoms with E-state index in [0.717, 1.165) is 19.4 Å². The standard InChI is InChI=1S/C14H21N3O3S.ClH/c1-2-14(18)17-11-5-7-13(8-6-11)21(19,20)16-10-12-4-3-9-15-12;/h5-8,12,15-16H,2-4,9-10H2,1H3,(H,17,18);1H. The third kappa shape index (κ3) is 5.24. The number of benzene rings is 1. The molecule has 2 rings (SSSR count). The number of anilines is 1. The second-order valence-electron chi connectivity index (χ2n) is 5.07. The number of sulfonamides is 1. The van der Waals surface area contributed by atoms with Crippen LogP contribution in [0.2, 0.25) is 0 Å². The molecule has 124 valence electrons. The zero-order valence-electron chi connectivity index (χ0n) is 12.5. The molecule has 1 amide bonds. The minimum atomic E-state index is -3.50. The van der Waals surface area contributed by atoms with Gasteiger partial charge in [-0.2, -0.15) is 0 Å². The quantitative estimate of drug-likeness (QED) is 0.727. The van der Waals surface area contributed by atoms with Crippen LogP contribution in [0.25, 0.3) is 0 Å². The number of hydrogen-bond donors (Lipinski definition) is 3. The Labute approximate surface area is 137 Å². The Kier molecular flexibility index (Phi) is 7.28. The Balaban J connectivity index is 0.00000242. The highest BCUT2D eigenvalue weighted by atomic mass is 35.5. The number of hydrogen-bond acceptors (Lipinski definition) is 4. The molecule has 1 aliphatic rings. The Morgan fingerprint density at radius 2 is 2.00 bits per heavy atom. The molecule has 0 saturated carbocycles. The fraction of sp³-hybridized carbons (Fsp3) is 0.500. The maximum absolute atomic E-state index is 12.2. The molecule has 6 nitrogen and oxygen atoms in total. The summed E-state index contributed by atoms with van der Waals surface area (Å²) in [7, 11) is -3.50. The second kappa shape index (κ2) is 8.47. The zero-order valence-corrected chi connectivity index (χ0v) is 14.1. The first-order valence-corrected chi connectivity index (χ1v) is 8.62. The molecular formula is C14H22ClN3O3S. The third-order valence-electron chi connectivity index (χ3n) is 3.45. The van der Waals surface area contributed by atoms with E-state index in [2.05, 4.69) is 15.4 Å². The number of rotatable bonds is 6. The lowest BCUT2D eigenvalue weighted by atomic mass is 10.2. The van der Waals surface area contributed by atoms with E-state index in [-0.39, 0.29) is 29.3 Å². The fourth-order valence-corrected chi connectivity index (χ4v) is 3.27. The van der Waals surface area contributed by atoms with Gasteiger partial charge in [0.05, 0.1) is 4.90 Å². The normalized spacial score (nSPS) is 17.8. The largest absolute Gasteiger partial charge is 0.326 e. The van der Waals surface area contributed by atoms with Crippen LogP contribution in [-0.4, -0.2) is 33.5 Å². The lowest BCUT2D eigenvalue weighted by Gasteiger charge is -2.12. The lowest BCUT2D eigenvalue weighted by Crippen LogP contribution is -2.37. The average molecular weight is 348 g/mol. The lowest BCUT2D eigenvalue weighted by molar-refractivity contribution is -0.115. The van der Waals surface area contributed by atoms with Crippen molar-refractivity contribution in [3.63, 3.8) is 0 Å². The molecule has 1 unspecified atom stereocenters. The minimum absolute atomic E-state index is 0. The third-order valence-corrected chi connectivity index (χ3v) is 4.89.